The van der Waals surface area contributed by atoms with Gasteiger partial charge < -0.3 is 4.42 Å². The topological polar surface area (TPSA) is 36.9 Å². The fraction of sp³-hybridized carbons (Fsp3) is 0.167. The van der Waals surface area contributed by atoms with Crippen LogP contribution in [0, 0.1) is 17.6 Å². The van der Waals surface area contributed by atoms with Gasteiger partial charge in [0.25, 0.3) is 0 Å². The fourth-order valence-electron chi connectivity index (χ4n) is 0.440. The van der Waals surface area contributed by atoms with Crippen LogP contribution in [0.1, 0.15) is 5.56 Å². The minimum Gasteiger partial charge on any atom is -0.461 e. The van der Waals surface area contributed by atoms with Crippen molar-refractivity contribution in [3.63, 3.8) is 0 Å². The van der Waals surface area contributed by atoms with Gasteiger partial charge in [-0.1, -0.05) is 0 Å². The smallest absolute Gasteiger partial charge is 0.173 e. The predicted molar refractivity (Wildman–Crippen MR) is 26.9 cm³/mol. The highest BCUT2D eigenvalue weighted by Gasteiger charge is 1.89. The molecule has 1 radical (unpaired) electrons. The number of hydrogen-bond acceptors (Lipinski definition) is 2. The molecule has 0 fully saturated rings. The third kappa shape index (κ3) is 0.881. The zero-order valence-corrected chi connectivity index (χ0v) is 4.22. The van der Waals surface area contributed by atoms with E-state index in [-0.39, 0.29) is 0 Å². The molecule has 1 heterocycles. The normalized spacial score (nSPS) is 8.38. The molecule has 1 rings (SSSR count). The Kier molecular flexibility index (Phi) is 1.34. The maximum absolute atomic E-state index is 8.13. The lowest BCUT2D eigenvalue weighted by atomic mass is 10.3. The summed E-state index contributed by atoms with van der Waals surface area (Å²) in [6, 6.07) is 3.70. The van der Waals surface area contributed by atoms with Gasteiger partial charge in [0.1, 0.15) is 0 Å². The molecule has 0 N–H and O–H groups in total. The molecule has 0 spiro atoms. The van der Waals surface area contributed by atoms with Crippen LogP contribution in [0.3, 0.4) is 0 Å². The van der Waals surface area contributed by atoms with Crippen LogP contribution in [-0.4, -0.2) is 0 Å². The van der Waals surface area contributed by atoms with Crippen molar-refractivity contribution in [1.29, 1.82) is 5.26 Å². The summed E-state index contributed by atoms with van der Waals surface area (Å²) >= 11 is 0. The van der Waals surface area contributed by atoms with Gasteiger partial charge in [-0.25, -0.2) is 0 Å². The average molecular weight is 106 g/mol. The first-order valence-electron chi connectivity index (χ1n) is 2.24. The van der Waals surface area contributed by atoms with Crippen molar-refractivity contribution in [3.05, 3.63) is 24.2 Å². The second kappa shape index (κ2) is 2.17. The van der Waals surface area contributed by atoms with Crippen molar-refractivity contribution in [2.75, 3.05) is 0 Å². The molecule has 0 aromatic carbocycles. The molecule has 0 aliphatic heterocycles. The second-order valence-electron chi connectivity index (χ2n) is 1.38. The lowest BCUT2D eigenvalue weighted by Gasteiger charge is -1.73. The average Bonchev–Trinajstić information content (AvgIpc) is 2.19. The highest BCUT2D eigenvalue weighted by molar-refractivity contribution is 5.08. The number of hydrogen-bond donors (Lipinski definition) is 0. The fourth-order valence-corrected chi connectivity index (χ4v) is 0.440. The van der Waals surface area contributed by atoms with E-state index < -0.39 is 0 Å². The SMILES string of the molecule is N#CCc1[c]occ1. The van der Waals surface area contributed by atoms with E-state index in [2.05, 4.69) is 10.7 Å². The number of furan rings is 1. The van der Waals surface area contributed by atoms with Crippen LogP contribution in [0.4, 0.5) is 0 Å². The maximum Gasteiger partial charge on any atom is 0.173 e. The van der Waals surface area contributed by atoms with Gasteiger partial charge in [-0.15, -0.1) is 0 Å². The molecular formula is C6H4NO. The third-order valence-electron chi connectivity index (χ3n) is 0.797. The summed E-state index contributed by atoms with van der Waals surface area (Å²) in [4.78, 5) is 0. The lowest BCUT2D eigenvalue weighted by molar-refractivity contribution is 0.555. The quantitative estimate of drug-likeness (QED) is 0.538. The van der Waals surface area contributed by atoms with Crippen LogP contribution in [0.2, 0.25) is 0 Å². The molecule has 2 heteroatoms. The molecule has 0 saturated carbocycles. The highest BCUT2D eigenvalue weighted by atomic mass is 16.3. The Hall–Kier alpha value is -1.23. The summed E-state index contributed by atoms with van der Waals surface area (Å²) in [5, 5.41) is 8.13. The second-order valence-corrected chi connectivity index (χ2v) is 1.38. The Morgan fingerprint density at radius 3 is 3.25 bits per heavy atom. The first-order chi connectivity index (χ1) is 3.93. The van der Waals surface area contributed by atoms with E-state index in [1.54, 1.807) is 6.07 Å². The number of nitriles is 1. The molecule has 0 aliphatic carbocycles. The maximum atomic E-state index is 8.13. The van der Waals surface area contributed by atoms with E-state index in [1.807, 2.05) is 6.07 Å². The van der Waals surface area contributed by atoms with Gasteiger partial charge in [-0.3, -0.25) is 0 Å². The Morgan fingerprint density at radius 1 is 1.88 bits per heavy atom. The molecule has 0 unspecified atom stereocenters. The van der Waals surface area contributed by atoms with Crippen molar-refractivity contribution >= 4 is 0 Å². The molecule has 0 bridgehead atoms. The van der Waals surface area contributed by atoms with Gasteiger partial charge in [0, 0.05) is 5.56 Å². The standard InChI is InChI=1S/C6H4NO/c7-3-1-6-2-4-8-5-6/h2,4H,1H2. The van der Waals surface area contributed by atoms with Crippen LogP contribution in [-0.2, 0) is 6.42 Å². The Labute approximate surface area is 47.3 Å². The summed E-state index contributed by atoms with van der Waals surface area (Å²) in [5.41, 5.74) is 0.813. The van der Waals surface area contributed by atoms with Crippen molar-refractivity contribution in [2.24, 2.45) is 0 Å². The predicted octanol–water partition coefficient (Wildman–Crippen LogP) is 1.15. The van der Waals surface area contributed by atoms with Crippen LogP contribution in [0.5, 0.6) is 0 Å². The largest absolute Gasteiger partial charge is 0.461 e. The Morgan fingerprint density at radius 2 is 2.75 bits per heavy atom. The van der Waals surface area contributed by atoms with E-state index >= 15 is 0 Å². The lowest BCUT2D eigenvalue weighted by Crippen LogP contribution is -1.71. The summed E-state index contributed by atoms with van der Waals surface area (Å²) in [6.45, 7) is 0. The van der Waals surface area contributed by atoms with Gasteiger partial charge in [0.05, 0.1) is 18.8 Å². The molecule has 2 nitrogen and oxygen atoms in total. The van der Waals surface area contributed by atoms with E-state index in [9.17, 15) is 0 Å². The van der Waals surface area contributed by atoms with Crippen molar-refractivity contribution in [1.82, 2.24) is 0 Å². The third-order valence-corrected chi connectivity index (χ3v) is 0.797. The summed E-state index contributed by atoms with van der Waals surface area (Å²) in [6.07, 6.45) is 4.43. The first kappa shape index (κ1) is 4.92. The molecule has 39 valence electrons. The van der Waals surface area contributed by atoms with Crippen LogP contribution < -0.4 is 0 Å². The Bertz CT molecular complexity index is 183. The van der Waals surface area contributed by atoms with E-state index in [4.69, 9.17) is 5.26 Å². The van der Waals surface area contributed by atoms with Gasteiger partial charge in [0.15, 0.2) is 6.26 Å². The van der Waals surface area contributed by atoms with Crippen LogP contribution >= 0.6 is 0 Å². The molecule has 1 aromatic heterocycles. The van der Waals surface area contributed by atoms with Gasteiger partial charge in [-0.05, 0) is 6.07 Å². The molecule has 0 aliphatic rings. The van der Waals surface area contributed by atoms with Gasteiger partial charge >= 0.3 is 0 Å². The molecule has 0 amide bonds. The number of rotatable bonds is 1. The zero-order valence-electron chi connectivity index (χ0n) is 4.22. The monoisotopic (exact) mass is 106 g/mol. The molecule has 8 heavy (non-hydrogen) atoms. The van der Waals surface area contributed by atoms with Crippen LogP contribution in [0.15, 0.2) is 16.7 Å². The molecule has 0 saturated heterocycles. The van der Waals surface area contributed by atoms with Crippen molar-refractivity contribution in [2.45, 2.75) is 6.42 Å². The van der Waals surface area contributed by atoms with Gasteiger partial charge in [-0.2, -0.15) is 5.26 Å². The van der Waals surface area contributed by atoms with Gasteiger partial charge in [0.2, 0.25) is 0 Å². The summed E-state index contributed by atoms with van der Waals surface area (Å²) in [5.74, 6) is 0. The molecule has 0 atom stereocenters. The van der Waals surface area contributed by atoms with E-state index in [1.165, 1.54) is 6.26 Å². The number of nitrogens with zero attached hydrogens (tertiary/aromatic N) is 1. The minimum atomic E-state index is 0.385. The van der Waals surface area contributed by atoms with E-state index in [0.717, 1.165) is 5.56 Å². The zero-order chi connectivity index (χ0) is 5.82. The van der Waals surface area contributed by atoms with Crippen molar-refractivity contribution in [3.8, 4) is 6.07 Å². The summed E-state index contributed by atoms with van der Waals surface area (Å²) < 4.78 is 4.59. The minimum absolute atomic E-state index is 0.385. The van der Waals surface area contributed by atoms with Crippen molar-refractivity contribution < 1.29 is 4.42 Å². The molecule has 1 aromatic rings. The van der Waals surface area contributed by atoms with E-state index in [0.29, 0.717) is 6.42 Å². The Balaban J connectivity index is 2.67. The van der Waals surface area contributed by atoms with Crippen LogP contribution in [0.25, 0.3) is 0 Å². The first-order valence-corrected chi connectivity index (χ1v) is 2.24. The molecular weight excluding hydrogens is 102 g/mol. The highest BCUT2D eigenvalue weighted by Crippen LogP contribution is 1.97. The summed E-state index contributed by atoms with van der Waals surface area (Å²) in [7, 11) is 0.